The standard InChI is InChI=1S/C13H20ClN5O3Si/c1-17-13(14)10(7-15-17)12-11(19(20)21)8-18(16-12)9-22-5-6-23(2,3)4/h7-8H,5-6,9H2,1-4H3. The molecule has 0 aliphatic rings. The molecule has 0 saturated carbocycles. The third-order valence-corrected chi connectivity index (χ3v) is 5.43. The Morgan fingerprint density at radius 3 is 2.65 bits per heavy atom. The number of halogens is 1. The molecule has 0 N–H and O–H groups in total. The first-order valence-electron chi connectivity index (χ1n) is 7.16. The number of nitro groups is 1. The lowest BCUT2D eigenvalue weighted by Gasteiger charge is -2.15. The molecule has 23 heavy (non-hydrogen) atoms. The Morgan fingerprint density at radius 1 is 1.43 bits per heavy atom. The van der Waals surface area contributed by atoms with E-state index in [1.165, 1.54) is 21.8 Å². The lowest BCUT2D eigenvalue weighted by molar-refractivity contribution is -0.384. The van der Waals surface area contributed by atoms with Crippen LogP contribution in [0.15, 0.2) is 12.4 Å². The fourth-order valence-corrected chi connectivity index (χ4v) is 2.86. The van der Waals surface area contributed by atoms with Crippen molar-refractivity contribution in [3.8, 4) is 11.3 Å². The molecule has 2 rings (SSSR count). The molecule has 0 amide bonds. The van der Waals surface area contributed by atoms with Crippen LogP contribution < -0.4 is 0 Å². The fraction of sp³-hybridized carbons (Fsp3) is 0.538. The molecule has 0 bridgehead atoms. The van der Waals surface area contributed by atoms with Crippen LogP contribution in [0.1, 0.15) is 0 Å². The third-order valence-electron chi connectivity index (χ3n) is 3.28. The van der Waals surface area contributed by atoms with Crippen LogP contribution in [0.25, 0.3) is 11.3 Å². The molecule has 0 atom stereocenters. The van der Waals surface area contributed by atoms with Gasteiger partial charge in [-0.15, -0.1) is 0 Å². The first-order chi connectivity index (χ1) is 10.7. The molecule has 0 aromatic carbocycles. The second-order valence-electron chi connectivity index (χ2n) is 6.48. The van der Waals surface area contributed by atoms with E-state index in [-0.39, 0.29) is 18.1 Å². The molecule has 2 heterocycles. The first kappa shape index (κ1) is 17.6. The number of hydrogen-bond donors (Lipinski definition) is 0. The van der Waals surface area contributed by atoms with E-state index in [1.807, 2.05) is 0 Å². The maximum absolute atomic E-state index is 11.2. The van der Waals surface area contributed by atoms with Gasteiger partial charge in [0.05, 0.1) is 16.7 Å². The normalized spacial score (nSPS) is 11.9. The molecule has 2 aromatic rings. The van der Waals surface area contributed by atoms with E-state index in [2.05, 4.69) is 29.8 Å². The smallest absolute Gasteiger partial charge is 0.315 e. The predicted octanol–water partition coefficient (Wildman–Crippen LogP) is 3.16. The van der Waals surface area contributed by atoms with Gasteiger partial charge in [0.25, 0.3) is 0 Å². The Balaban J connectivity index is 2.16. The van der Waals surface area contributed by atoms with Gasteiger partial charge in [-0.1, -0.05) is 31.2 Å². The molecular weight excluding hydrogens is 338 g/mol. The Morgan fingerprint density at radius 2 is 2.13 bits per heavy atom. The van der Waals surface area contributed by atoms with Crippen LogP contribution in [0.4, 0.5) is 5.69 Å². The quantitative estimate of drug-likeness (QED) is 0.328. The molecule has 2 aromatic heterocycles. The van der Waals surface area contributed by atoms with Crippen LogP contribution in [-0.2, 0) is 18.5 Å². The second-order valence-corrected chi connectivity index (χ2v) is 12.5. The summed E-state index contributed by atoms with van der Waals surface area (Å²) in [6, 6.07) is 1.03. The van der Waals surface area contributed by atoms with Gasteiger partial charge in [-0.05, 0) is 6.04 Å². The van der Waals surface area contributed by atoms with Gasteiger partial charge in [-0.3, -0.25) is 14.8 Å². The number of aryl methyl sites for hydroxylation is 1. The van der Waals surface area contributed by atoms with Crippen molar-refractivity contribution in [1.29, 1.82) is 0 Å². The van der Waals surface area contributed by atoms with Gasteiger partial charge in [0.1, 0.15) is 18.1 Å². The zero-order chi connectivity index (χ0) is 17.2. The monoisotopic (exact) mass is 357 g/mol. The predicted molar refractivity (Wildman–Crippen MR) is 90.2 cm³/mol. The summed E-state index contributed by atoms with van der Waals surface area (Å²) in [6.45, 7) is 7.57. The first-order valence-corrected chi connectivity index (χ1v) is 11.2. The molecule has 0 aliphatic heterocycles. The molecule has 0 saturated heterocycles. The van der Waals surface area contributed by atoms with Crippen molar-refractivity contribution >= 4 is 25.4 Å². The maximum Gasteiger partial charge on any atom is 0.315 e. The Bertz CT molecular complexity index is 707. The Labute approximate surface area is 140 Å². The molecule has 0 aliphatic carbocycles. The van der Waals surface area contributed by atoms with Gasteiger partial charge in [0.2, 0.25) is 0 Å². The van der Waals surface area contributed by atoms with Gasteiger partial charge in [-0.2, -0.15) is 10.2 Å². The third kappa shape index (κ3) is 4.40. The topological polar surface area (TPSA) is 88.0 Å². The molecular formula is C13H20ClN5O3Si. The van der Waals surface area contributed by atoms with Gasteiger partial charge in [0.15, 0.2) is 5.69 Å². The minimum absolute atomic E-state index is 0.117. The molecule has 126 valence electrons. The Hall–Kier alpha value is -1.71. The molecule has 0 fully saturated rings. The van der Waals surface area contributed by atoms with E-state index in [0.29, 0.717) is 17.3 Å². The van der Waals surface area contributed by atoms with Crippen LogP contribution >= 0.6 is 11.6 Å². The van der Waals surface area contributed by atoms with E-state index >= 15 is 0 Å². The number of rotatable bonds is 7. The largest absolute Gasteiger partial charge is 0.360 e. The van der Waals surface area contributed by atoms with Crippen LogP contribution in [0.2, 0.25) is 30.8 Å². The van der Waals surface area contributed by atoms with Crippen molar-refractivity contribution < 1.29 is 9.66 Å². The molecule has 0 unspecified atom stereocenters. The summed E-state index contributed by atoms with van der Waals surface area (Å²) in [4.78, 5) is 10.8. The summed E-state index contributed by atoms with van der Waals surface area (Å²) in [5, 5.41) is 19.8. The highest BCUT2D eigenvalue weighted by atomic mass is 35.5. The summed E-state index contributed by atoms with van der Waals surface area (Å²) < 4.78 is 8.43. The average Bonchev–Trinajstić information content (AvgIpc) is 2.99. The van der Waals surface area contributed by atoms with Crippen molar-refractivity contribution in [3.05, 3.63) is 27.7 Å². The zero-order valence-corrected chi connectivity index (χ0v) is 15.4. The number of hydrogen-bond acceptors (Lipinski definition) is 5. The Kier molecular flexibility index (Phi) is 5.22. The fourth-order valence-electron chi connectivity index (χ4n) is 1.92. The van der Waals surface area contributed by atoms with E-state index in [1.54, 1.807) is 7.05 Å². The molecule has 0 spiro atoms. The summed E-state index contributed by atoms with van der Waals surface area (Å²) in [5.74, 6) is 0. The molecule has 0 radical (unpaired) electrons. The zero-order valence-electron chi connectivity index (χ0n) is 13.6. The van der Waals surface area contributed by atoms with Crippen molar-refractivity contribution in [1.82, 2.24) is 19.6 Å². The van der Waals surface area contributed by atoms with Gasteiger partial charge < -0.3 is 4.74 Å². The summed E-state index contributed by atoms with van der Waals surface area (Å²) in [6.07, 6.45) is 2.82. The van der Waals surface area contributed by atoms with E-state index in [0.717, 1.165) is 6.04 Å². The van der Waals surface area contributed by atoms with E-state index in [9.17, 15) is 10.1 Å². The van der Waals surface area contributed by atoms with Crippen LogP contribution in [-0.4, -0.2) is 39.2 Å². The van der Waals surface area contributed by atoms with E-state index < -0.39 is 13.0 Å². The maximum atomic E-state index is 11.2. The van der Waals surface area contributed by atoms with Crippen LogP contribution in [0, 0.1) is 10.1 Å². The molecule has 10 heteroatoms. The van der Waals surface area contributed by atoms with Crippen molar-refractivity contribution in [3.63, 3.8) is 0 Å². The second kappa shape index (κ2) is 6.81. The lowest BCUT2D eigenvalue weighted by Crippen LogP contribution is -2.22. The van der Waals surface area contributed by atoms with Crippen molar-refractivity contribution in [2.45, 2.75) is 32.4 Å². The van der Waals surface area contributed by atoms with E-state index in [4.69, 9.17) is 16.3 Å². The van der Waals surface area contributed by atoms with Crippen LogP contribution in [0.3, 0.4) is 0 Å². The van der Waals surface area contributed by atoms with Crippen molar-refractivity contribution in [2.24, 2.45) is 7.05 Å². The number of ether oxygens (including phenoxy) is 1. The SMILES string of the molecule is Cn1ncc(-c2nn(COCC[Si](C)(C)C)cc2[N+](=O)[O-])c1Cl. The highest BCUT2D eigenvalue weighted by Gasteiger charge is 2.24. The summed E-state index contributed by atoms with van der Waals surface area (Å²) in [5.41, 5.74) is 0.511. The summed E-state index contributed by atoms with van der Waals surface area (Å²) in [7, 11) is 0.493. The number of nitrogens with zero attached hydrogens (tertiary/aromatic N) is 5. The van der Waals surface area contributed by atoms with Gasteiger partial charge in [0, 0.05) is 21.7 Å². The highest BCUT2D eigenvalue weighted by Crippen LogP contribution is 2.32. The number of aromatic nitrogens is 4. The van der Waals surface area contributed by atoms with Gasteiger partial charge >= 0.3 is 5.69 Å². The lowest BCUT2D eigenvalue weighted by atomic mass is 10.2. The van der Waals surface area contributed by atoms with Crippen molar-refractivity contribution in [2.75, 3.05) is 6.61 Å². The average molecular weight is 358 g/mol. The minimum Gasteiger partial charge on any atom is -0.360 e. The highest BCUT2D eigenvalue weighted by molar-refractivity contribution is 6.76. The molecule has 8 nitrogen and oxygen atoms in total. The summed E-state index contributed by atoms with van der Waals surface area (Å²) >= 11 is 6.11. The van der Waals surface area contributed by atoms with Gasteiger partial charge in [-0.25, -0.2) is 4.68 Å². The van der Waals surface area contributed by atoms with Crippen LogP contribution in [0.5, 0.6) is 0 Å². The minimum atomic E-state index is -1.17.